The molecule has 1 rings (SSSR count). The van der Waals surface area contributed by atoms with Crippen molar-refractivity contribution in [3.05, 3.63) is 21.9 Å². The molecular weight excluding hydrogens is 172 g/mol. The molecule has 1 aromatic rings. The standard InChI is InChI=1S/C9H12O2S/c1-7-4-6-12-9(7)8(10)3-5-11-2/h4,6H,3,5H2,1-2H3. The highest BCUT2D eigenvalue weighted by Crippen LogP contribution is 2.17. The van der Waals surface area contributed by atoms with Gasteiger partial charge in [0.05, 0.1) is 11.5 Å². The van der Waals surface area contributed by atoms with Crippen LogP contribution in [0.25, 0.3) is 0 Å². The molecule has 0 saturated heterocycles. The summed E-state index contributed by atoms with van der Waals surface area (Å²) in [6.07, 6.45) is 0.484. The van der Waals surface area contributed by atoms with Crippen LogP contribution in [0.3, 0.4) is 0 Å². The van der Waals surface area contributed by atoms with Crippen molar-refractivity contribution < 1.29 is 9.53 Å². The number of hydrogen-bond acceptors (Lipinski definition) is 3. The highest BCUT2D eigenvalue weighted by Gasteiger charge is 2.09. The van der Waals surface area contributed by atoms with E-state index in [0.717, 1.165) is 10.4 Å². The zero-order valence-corrected chi connectivity index (χ0v) is 8.11. The third kappa shape index (κ3) is 2.16. The van der Waals surface area contributed by atoms with Crippen molar-refractivity contribution in [2.45, 2.75) is 13.3 Å². The van der Waals surface area contributed by atoms with Gasteiger partial charge in [0.1, 0.15) is 0 Å². The van der Waals surface area contributed by atoms with Crippen molar-refractivity contribution in [3.8, 4) is 0 Å². The van der Waals surface area contributed by atoms with Crippen LogP contribution in [0.2, 0.25) is 0 Å². The van der Waals surface area contributed by atoms with Gasteiger partial charge in [0, 0.05) is 13.5 Å². The van der Waals surface area contributed by atoms with E-state index < -0.39 is 0 Å². The quantitative estimate of drug-likeness (QED) is 0.671. The Bertz CT molecular complexity index is 265. The molecule has 66 valence electrons. The number of ether oxygens (including phenoxy) is 1. The number of ketones is 1. The molecule has 0 atom stereocenters. The predicted octanol–water partition coefficient (Wildman–Crippen LogP) is 2.28. The molecule has 3 heteroatoms. The van der Waals surface area contributed by atoms with Crippen LogP contribution in [-0.2, 0) is 4.74 Å². The van der Waals surface area contributed by atoms with Gasteiger partial charge < -0.3 is 4.74 Å². The van der Waals surface area contributed by atoms with E-state index in [0.29, 0.717) is 13.0 Å². The van der Waals surface area contributed by atoms with Crippen LogP contribution >= 0.6 is 11.3 Å². The minimum atomic E-state index is 0.185. The second kappa shape index (κ2) is 4.38. The minimum absolute atomic E-state index is 0.185. The molecule has 1 aromatic heterocycles. The van der Waals surface area contributed by atoms with E-state index in [2.05, 4.69) is 0 Å². The van der Waals surface area contributed by atoms with Gasteiger partial charge in [-0.2, -0.15) is 0 Å². The fourth-order valence-electron chi connectivity index (χ4n) is 0.967. The van der Waals surface area contributed by atoms with Crippen LogP contribution in [-0.4, -0.2) is 19.5 Å². The highest BCUT2D eigenvalue weighted by molar-refractivity contribution is 7.12. The summed E-state index contributed by atoms with van der Waals surface area (Å²) in [5, 5.41) is 1.94. The molecule has 0 aliphatic rings. The maximum absolute atomic E-state index is 11.4. The molecule has 0 N–H and O–H groups in total. The van der Waals surface area contributed by atoms with Gasteiger partial charge >= 0.3 is 0 Å². The van der Waals surface area contributed by atoms with Crippen molar-refractivity contribution in [1.29, 1.82) is 0 Å². The van der Waals surface area contributed by atoms with E-state index in [-0.39, 0.29) is 5.78 Å². The predicted molar refractivity (Wildman–Crippen MR) is 49.9 cm³/mol. The van der Waals surface area contributed by atoms with Crippen LogP contribution in [0.5, 0.6) is 0 Å². The van der Waals surface area contributed by atoms with E-state index in [1.807, 2.05) is 18.4 Å². The number of thiophene rings is 1. The molecule has 0 bridgehead atoms. The number of rotatable bonds is 4. The normalized spacial score (nSPS) is 10.2. The first-order valence-corrected chi connectivity index (χ1v) is 4.70. The SMILES string of the molecule is COCCC(=O)c1sccc1C. The number of carbonyl (C=O) groups excluding carboxylic acids is 1. The summed E-state index contributed by atoms with van der Waals surface area (Å²) in [7, 11) is 1.61. The minimum Gasteiger partial charge on any atom is -0.384 e. The van der Waals surface area contributed by atoms with Gasteiger partial charge in [-0.25, -0.2) is 0 Å². The van der Waals surface area contributed by atoms with Gasteiger partial charge in [0.15, 0.2) is 5.78 Å². The van der Waals surface area contributed by atoms with Gasteiger partial charge in [-0.15, -0.1) is 11.3 Å². The van der Waals surface area contributed by atoms with Gasteiger partial charge in [0.2, 0.25) is 0 Å². The van der Waals surface area contributed by atoms with Gasteiger partial charge in [-0.05, 0) is 23.9 Å². The molecule has 2 nitrogen and oxygen atoms in total. The Morgan fingerprint density at radius 1 is 1.67 bits per heavy atom. The Hall–Kier alpha value is -0.670. The number of methoxy groups -OCH3 is 1. The Morgan fingerprint density at radius 2 is 2.42 bits per heavy atom. The summed E-state index contributed by atoms with van der Waals surface area (Å²) in [4.78, 5) is 12.3. The fraction of sp³-hybridized carbons (Fsp3) is 0.444. The van der Waals surface area contributed by atoms with Crippen molar-refractivity contribution in [2.75, 3.05) is 13.7 Å². The van der Waals surface area contributed by atoms with Crippen molar-refractivity contribution in [1.82, 2.24) is 0 Å². The molecule has 0 amide bonds. The zero-order chi connectivity index (χ0) is 8.97. The van der Waals surface area contributed by atoms with E-state index in [1.54, 1.807) is 7.11 Å². The van der Waals surface area contributed by atoms with Crippen molar-refractivity contribution in [2.24, 2.45) is 0 Å². The van der Waals surface area contributed by atoms with Crippen molar-refractivity contribution >= 4 is 17.1 Å². The lowest BCUT2D eigenvalue weighted by Gasteiger charge is -1.97. The molecule has 0 aromatic carbocycles. The van der Waals surface area contributed by atoms with E-state index in [1.165, 1.54) is 11.3 Å². The van der Waals surface area contributed by atoms with E-state index in [4.69, 9.17) is 4.74 Å². The molecule has 0 unspecified atom stereocenters. The molecular formula is C9H12O2S. The average Bonchev–Trinajstić information content (AvgIpc) is 2.47. The Kier molecular flexibility index (Phi) is 3.44. The van der Waals surface area contributed by atoms with Crippen LogP contribution in [0.15, 0.2) is 11.4 Å². The molecule has 0 aliphatic heterocycles. The monoisotopic (exact) mass is 184 g/mol. The number of hydrogen-bond donors (Lipinski definition) is 0. The Balaban J connectivity index is 2.59. The first-order chi connectivity index (χ1) is 5.75. The van der Waals surface area contributed by atoms with Gasteiger partial charge in [0.25, 0.3) is 0 Å². The average molecular weight is 184 g/mol. The maximum atomic E-state index is 11.4. The molecule has 0 fully saturated rings. The second-order valence-corrected chi connectivity index (χ2v) is 3.51. The molecule has 1 heterocycles. The summed E-state index contributed by atoms with van der Waals surface area (Å²) in [6.45, 7) is 2.46. The third-order valence-electron chi connectivity index (χ3n) is 1.65. The number of carbonyl (C=O) groups is 1. The number of Topliss-reactive ketones (excluding diaryl/α,β-unsaturated/α-hetero) is 1. The Labute approximate surface area is 76.2 Å². The summed E-state index contributed by atoms with van der Waals surface area (Å²) < 4.78 is 4.83. The lowest BCUT2D eigenvalue weighted by Crippen LogP contribution is -2.02. The lowest BCUT2D eigenvalue weighted by atomic mass is 10.2. The fourth-order valence-corrected chi connectivity index (χ4v) is 1.86. The first kappa shape index (κ1) is 9.42. The topological polar surface area (TPSA) is 26.3 Å². The van der Waals surface area contributed by atoms with Crippen LogP contribution in [0.1, 0.15) is 21.7 Å². The highest BCUT2D eigenvalue weighted by atomic mass is 32.1. The lowest BCUT2D eigenvalue weighted by molar-refractivity contribution is 0.0935. The van der Waals surface area contributed by atoms with Gasteiger partial charge in [-0.3, -0.25) is 4.79 Å². The smallest absolute Gasteiger partial charge is 0.175 e. The third-order valence-corrected chi connectivity index (χ3v) is 2.71. The van der Waals surface area contributed by atoms with Crippen LogP contribution < -0.4 is 0 Å². The second-order valence-electron chi connectivity index (χ2n) is 2.60. The number of aryl methyl sites for hydroxylation is 1. The zero-order valence-electron chi connectivity index (χ0n) is 7.29. The molecule has 0 spiro atoms. The van der Waals surface area contributed by atoms with Crippen molar-refractivity contribution in [3.63, 3.8) is 0 Å². The summed E-state index contributed by atoms with van der Waals surface area (Å²) in [6, 6.07) is 1.96. The largest absolute Gasteiger partial charge is 0.384 e. The summed E-state index contributed by atoms with van der Waals surface area (Å²) >= 11 is 1.50. The summed E-state index contributed by atoms with van der Waals surface area (Å²) in [5.41, 5.74) is 1.07. The molecule has 12 heavy (non-hydrogen) atoms. The summed E-state index contributed by atoms with van der Waals surface area (Å²) in [5.74, 6) is 0.185. The maximum Gasteiger partial charge on any atom is 0.175 e. The van der Waals surface area contributed by atoms with Crippen LogP contribution in [0.4, 0.5) is 0 Å². The first-order valence-electron chi connectivity index (χ1n) is 3.82. The van der Waals surface area contributed by atoms with E-state index in [9.17, 15) is 4.79 Å². The van der Waals surface area contributed by atoms with Gasteiger partial charge in [-0.1, -0.05) is 0 Å². The van der Waals surface area contributed by atoms with E-state index >= 15 is 0 Å². The molecule has 0 radical (unpaired) electrons. The Morgan fingerprint density at radius 3 is 2.92 bits per heavy atom. The molecule has 0 saturated carbocycles. The van der Waals surface area contributed by atoms with Crippen LogP contribution in [0, 0.1) is 6.92 Å². The molecule has 0 aliphatic carbocycles.